The first kappa shape index (κ1) is 15.3. The van der Waals surface area contributed by atoms with E-state index in [1.165, 1.54) is 36.2 Å². The number of fused-ring (bicyclic) bond motifs is 1. The highest BCUT2D eigenvalue weighted by Gasteiger charge is 2.16. The van der Waals surface area contributed by atoms with E-state index >= 15 is 0 Å². The third-order valence-corrected chi connectivity index (χ3v) is 3.51. The van der Waals surface area contributed by atoms with Crippen LogP contribution in [0.25, 0.3) is 5.78 Å². The van der Waals surface area contributed by atoms with Gasteiger partial charge in [-0.2, -0.15) is 19.6 Å². The van der Waals surface area contributed by atoms with Gasteiger partial charge in [-0.25, -0.2) is 4.79 Å². The van der Waals surface area contributed by atoms with Gasteiger partial charge in [0.25, 0.3) is 5.78 Å². The van der Waals surface area contributed by atoms with Gasteiger partial charge in [-0.1, -0.05) is 23.2 Å². The first-order valence-electron chi connectivity index (χ1n) is 6.23. The molecule has 3 aromatic rings. The van der Waals surface area contributed by atoms with Crippen LogP contribution in [0.15, 0.2) is 24.5 Å². The highest BCUT2D eigenvalue weighted by Crippen LogP contribution is 2.33. The van der Waals surface area contributed by atoms with Crippen molar-refractivity contribution >= 4 is 46.5 Å². The molecule has 0 saturated heterocycles. The topological polar surface area (TPSA) is 102 Å². The van der Waals surface area contributed by atoms with E-state index in [9.17, 15) is 4.79 Å². The first-order valence-corrected chi connectivity index (χ1v) is 6.99. The third-order valence-electron chi connectivity index (χ3n) is 3.00. The van der Waals surface area contributed by atoms with Crippen LogP contribution in [0, 0.1) is 0 Å². The molecule has 3 rings (SSSR count). The van der Waals surface area contributed by atoms with E-state index in [2.05, 4.69) is 20.4 Å². The van der Waals surface area contributed by atoms with E-state index in [0.29, 0.717) is 17.3 Å². The zero-order valence-corrected chi connectivity index (χ0v) is 13.1. The minimum atomic E-state index is -1.14. The van der Waals surface area contributed by atoms with E-state index in [1.54, 1.807) is 0 Å². The predicted octanol–water partition coefficient (Wildman–Crippen LogP) is 2.88. The van der Waals surface area contributed by atoms with Crippen molar-refractivity contribution in [1.82, 2.24) is 19.6 Å². The van der Waals surface area contributed by atoms with Gasteiger partial charge >= 0.3 is 5.97 Å². The molecular weight excluding hydrogens is 345 g/mol. The maximum absolute atomic E-state index is 11.2. The maximum atomic E-state index is 11.2. The predicted molar refractivity (Wildman–Crippen MR) is 84.0 cm³/mol. The van der Waals surface area contributed by atoms with Gasteiger partial charge in [0.1, 0.15) is 28.6 Å². The number of methoxy groups -OCH3 is 1. The number of hydrogen-bond acceptors (Lipinski definition) is 6. The Bertz CT molecular complexity index is 912. The Kier molecular flexibility index (Phi) is 3.93. The van der Waals surface area contributed by atoms with Gasteiger partial charge < -0.3 is 15.2 Å². The quantitative estimate of drug-likeness (QED) is 0.695. The average molecular weight is 354 g/mol. The van der Waals surface area contributed by atoms with Crippen LogP contribution in [0.3, 0.4) is 0 Å². The van der Waals surface area contributed by atoms with Crippen LogP contribution in [-0.2, 0) is 0 Å². The summed E-state index contributed by atoms with van der Waals surface area (Å²) in [4.78, 5) is 19.1. The molecular formula is C13H9Cl2N5O3. The molecule has 0 atom stereocenters. The number of carboxylic acids is 1. The number of aromatic carboxylic acids is 1. The van der Waals surface area contributed by atoms with Crippen LogP contribution in [-0.4, -0.2) is 37.8 Å². The Labute approximate surface area is 139 Å². The molecule has 0 aliphatic heterocycles. The van der Waals surface area contributed by atoms with Crippen molar-refractivity contribution in [2.75, 3.05) is 12.4 Å². The van der Waals surface area contributed by atoms with Gasteiger partial charge in [-0.3, -0.25) is 0 Å². The van der Waals surface area contributed by atoms with Crippen molar-refractivity contribution in [2.45, 2.75) is 0 Å². The fourth-order valence-corrected chi connectivity index (χ4v) is 2.39. The van der Waals surface area contributed by atoms with Crippen molar-refractivity contribution in [3.63, 3.8) is 0 Å². The SMILES string of the molecule is COc1cc(Nc2cc(Cl)nc3ncnn23)c(Cl)cc1C(=O)O. The largest absolute Gasteiger partial charge is 0.496 e. The molecule has 23 heavy (non-hydrogen) atoms. The Hall–Kier alpha value is -2.58. The van der Waals surface area contributed by atoms with Crippen LogP contribution in [0.4, 0.5) is 11.5 Å². The lowest BCUT2D eigenvalue weighted by Gasteiger charge is -2.13. The summed E-state index contributed by atoms with van der Waals surface area (Å²) in [5.41, 5.74) is 0.384. The number of nitrogens with one attached hydrogen (secondary N) is 1. The van der Waals surface area contributed by atoms with E-state index in [0.717, 1.165) is 0 Å². The van der Waals surface area contributed by atoms with Gasteiger partial charge in [0.2, 0.25) is 0 Å². The summed E-state index contributed by atoms with van der Waals surface area (Å²) in [6, 6.07) is 4.31. The van der Waals surface area contributed by atoms with Gasteiger partial charge in [0.15, 0.2) is 0 Å². The molecule has 0 fully saturated rings. The minimum absolute atomic E-state index is 0.0401. The van der Waals surface area contributed by atoms with Crippen LogP contribution < -0.4 is 10.1 Å². The monoisotopic (exact) mass is 353 g/mol. The highest BCUT2D eigenvalue weighted by atomic mass is 35.5. The fourth-order valence-electron chi connectivity index (χ4n) is 2.00. The molecule has 2 N–H and O–H groups in total. The number of hydrogen-bond donors (Lipinski definition) is 2. The molecule has 118 valence electrons. The molecule has 0 aliphatic rings. The van der Waals surface area contributed by atoms with Crippen LogP contribution in [0.1, 0.15) is 10.4 Å². The van der Waals surface area contributed by atoms with Crippen molar-refractivity contribution in [3.05, 3.63) is 40.3 Å². The number of nitrogens with zero attached hydrogens (tertiary/aromatic N) is 4. The average Bonchev–Trinajstić information content (AvgIpc) is 2.96. The molecule has 0 aliphatic carbocycles. The normalized spacial score (nSPS) is 10.7. The fraction of sp³-hybridized carbons (Fsp3) is 0.0769. The van der Waals surface area contributed by atoms with E-state index in [4.69, 9.17) is 33.0 Å². The van der Waals surface area contributed by atoms with Crippen molar-refractivity contribution in [1.29, 1.82) is 0 Å². The second kappa shape index (κ2) is 5.90. The minimum Gasteiger partial charge on any atom is -0.496 e. The number of benzene rings is 1. The standard InChI is InChI=1S/C13H9Cl2N5O3/c1-23-9-3-8(7(14)2-6(9)12(21)22)18-11-4-10(15)19-13-16-5-17-20(11)13/h2-5,18H,1H3,(H,21,22). The Morgan fingerprint density at radius 1 is 1.35 bits per heavy atom. The number of anilines is 2. The molecule has 10 heteroatoms. The molecule has 0 saturated carbocycles. The summed E-state index contributed by atoms with van der Waals surface area (Å²) in [5, 5.41) is 16.6. The molecule has 0 unspecified atom stereocenters. The molecule has 2 aromatic heterocycles. The number of rotatable bonds is 4. The Balaban J connectivity index is 2.08. The van der Waals surface area contributed by atoms with Gasteiger partial charge in [0.05, 0.1) is 17.8 Å². The van der Waals surface area contributed by atoms with E-state index in [1.807, 2.05) is 0 Å². The van der Waals surface area contributed by atoms with E-state index in [-0.39, 0.29) is 21.5 Å². The molecule has 2 heterocycles. The zero-order chi connectivity index (χ0) is 16.6. The summed E-state index contributed by atoms with van der Waals surface area (Å²) in [6.45, 7) is 0. The first-order chi connectivity index (χ1) is 11.0. The van der Waals surface area contributed by atoms with Crippen molar-refractivity contribution in [2.24, 2.45) is 0 Å². The van der Waals surface area contributed by atoms with Crippen LogP contribution >= 0.6 is 23.2 Å². The summed E-state index contributed by atoms with van der Waals surface area (Å²) in [5.74, 6) is -0.199. The smallest absolute Gasteiger partial charge is 0.339 e. The second-order valence-electron chi connectivity index (χ2n) is 4.40. The van der Waals surface area contributed by atoms with Crippen molar-refractivity contribution < 1.29 is 14.6 Å². The lowest BCUT2D eigenvalue weighted by atomic mass is 10.2. The zero-order valence-electron chi connectivity index (χ0n) is 11.6. The molecule has 0 spiro atoms. The van der Waals surface area contributed by atoms with Crippen LogP contribution in [0.2, 0.25) is 10.2 Å². The van der Waals surface area contributed by atoms with Gasteiger partial charge in [-0.05, 0) is 6.07 Å². The van der Waals surface area contributed by atoms with E-state index < -0.39 is 5.97 Å². The molecule has 8 nitrogen and oxygen atoms in total. The summed E-state index contributed by atoms with van der Waals surface area (Å²) in [7, 11) is 1.37. The van der Waals surface area contributed by atoms with Crippen LogP contribution in [0.5, 0.6) is 5.75 Å². The van der Waals surface area contributed by atoms with Gasteiger partial charge in [0, 0.05) is 12.1 Å². The molecule has 0 radical (unpaired) electrons. The number of ether oxygens (including phenoxy) is 1. The number of halogens is 2. The second-order valence-corrected chi connectivity index (χ2v) is 5.19. The van der Waals surface area contributed by atoms with Gasteiger partial charge in [-0.15, -0.1) is 0 Å². The molecule has 1 aromatic carbocycles. The van der Waals surface area contributed by atoms with Crippen molar-refractivity contribution in [3.8, 4) is 5.75 Å². The summed E-state index contributed by atoms with van der Waals surface area (Å²) >= 11 is 12.1. The molecule has 0 bridgehead atoms. The number of carbonyl (C=O) groups is 1. The highest BCUT2D eigenvalue weighted by molar-refractivity contribution is 6.34. The number of carboxylic acid groups (broad SMARTS) is 1. The third kappa shape index (κ3) is 2.86. The summed E-state index contributed by atoms with van der Waals surface area (Å²) < 4.78 is 6.51. The lowest BCUT2D eigenvalue weighted by Crippen LogP contribution is -2.05. The summed E-state index contributed by atoms with van der Waals surface area (Å²) in [6.07, 6.45) is 1.33. The Morgan fingerprint density at radius 3 is 2.83 bits per heavy atom. The lowest BCUT2D eigenvalue weighted by molar-refractivity contribution is 0.0693. The maximum Gasteiger partial charge on any atom is 0.339 e. The molecule has 0 amide bonds. The number of aromatic nitrogens is 4. The Morgan fingerprint density at radius 2 is 2.13 bits per heavy atom.